The van der Waals surface area contributed by atoms with Crippen LogP contribution in [0.3, 0.4) is 0 Å². The van der Waals surface area contributed by atoms with E-state index >= 15 is 4.39 Å². The molecule has 7 rings (SSSR count). The number of fused-ring (bicyclic) bond motifs is 5. The van der Waals surface area contributed by atoms with Gasteiger partial charge in [0.05, 0.1) is 25.9 Å². The van der Waals surface area contributed by atoms with E-state index in [1.807, 2.05) is 0 Å². The first-order valence-corrected chi connectivity index (χ1v) is 18.1. The second-order valence-corrected chi connectivity index (χ2v) is 15.6. The minimum atomic E-state index is -4.22. The van der Waals surface area contributed by atoms with Crippen molar-refractivity contribution in [1.82, 2.24) is 39.0 Å². The summed E-state index contributed by atoms with van der Waals surface area (Å²) in [6.07, 6.45) is -5.17. The van der Waals surface area contributed by atoms with Crippen LogP contribution in [0.2, 0.25) is 0 Å². The summed E-state index contributed by atoms with van der Waals surface area (Å²) < 4.78 is 66.3. The Balaban J connectivity index is 1.19. The third kappa shape index (κ3) is 5.43. The second kappa shape index (κ2) is 11.0. The molecule has 7 heterocycles. The van der Waals surface area contributed by atoms with E-state index in [4.69, 9.17) is 50.8 Å². The maximum absolute atomic E-state index is 15.8. The van der Waals surface area contributed by atoms with Crippen LogP contribution in [-0.4, -0.2) is 87.7 Å². The van der Waals surface area contributed by atoms with E-state index in [0.717, 1.165) is 6.33 Å². The van der Waals surface area contributed by atoms with Gasteiger partial charge in [-0.05, 0) is 11.8 Å². The highest BCUT2D eigenvalue weighted by Gasteiger charge is 2.52. The predicted molar refractivity (Wildman–Crippen MR) is 154 cm³/mol. The Bertz CT molecular complexity index is 1910. The van der Waals surface area contributed by atoms with Crippen LogP contribution in [0.15, 0.2) is 23.8 Å². The number of hydrogen-bond acceptors (Lipinski definition) is 16. The van der Waals surface area contributed by atoms with Crippen LogP contribution in [0.1, 0.15) is 18.9 Å². The van der Waals surface area contributed by atoms with Gasteiger partial charge in [-0.2, -0.15) is 4.98 Å². The molecule has 6 N–H and O–H groups in total. The monoisotopic (exact) mass is 692 g/mol. The lowest BCUT2D eigenvalue weighted by molar-refractivity contribution is -0.0581. The van der Waals surface area contributed by atoms with Gasteiger partial charge in [0.2, 0.25) is 5.95 Å². The van der Waals surface area contributed by atoms with E-state index in [-0.39, 0.29) is 29.4 Å². The fraction of sp³-hybridized carbons (Fsp3) is 0.500. The van der Waals surface area contributed by atoms with Gasteiger partial charge in [-0.1, -0.05) is 12.2 Å². The lowest BCUT2D eigenvalue weighted by Crippen LogP contribution is -2.32. The van der Waals surface area contributed by atoms with Gasteiger partial charge < -0.3 is 30.4 Å². The Morgan fingerprint density at radius 3 is 2.59 bits per heavy atom. The number of hydrogen-bond donors (Lipinski definition) is 5. The summed E-state index contributed by atoms with van der Waals surface area (Å²) in [5.74, 6) is -0.0670. The average Bonchev–Trinajstić information content (AvgIpc) is 3.72. The van der Waals surface area contributed by atoms with Crippen LogP contribution < -0.4 is 17.0 Å². The summed E-state index contributed by atoms with van der Waals surface area (Å²) in [4.78, 5) is 46.1. The smallest absolute Gasteiger partial charge is 0.382 e. The number of ether oxygens (including phenoxy) is 2. The van der Waals surface area contributed by atoms with E-state index < -0.39 is 75.3 Å². The molecule has 2 unspecified atom stereocenters. The van der Waals surface area contributed by atoms with Crippen molar-refractivity contribution in [2.75, 3.05) is 24.7 Å². The SMILES string of the molecule is Nc1nc2c(ncn2[C@@H]2O[C@@H]3COP(=O)(S)O[C@@H]4C[C@H](n5cnc6c(N)ncnc65)O[C@@H]4COP(O)(=S)O[C@@H]2[C@@H]3F)c(=O)[nH]1. The van der Waals surface area contributed by atoms with E-state index in [1.165, 1.54) is 17.2 Å². The number of imidazole rings is 2. The number of halogens is 1. The predicted octanol–water partition coefficient (Wildman–Crippen LogP) is 0.719. The van der Waals surface area contributed by atoms with Crippen LogP contribution in [0, 0.1) is 0 Å². The zero-order valence-electron chi connectivity index (χ0n) is 22.0. The molecule has 2 bridgehead atoms. The molecule has 19 nitrogen and oxygen atoms in total. The molecular formula is C20H23FN10O9P2S2. The zero-order chi connectivity index (χ0) is 31.0. The number of H-pyrrole nitrogens is 1. The lowest BCUT2D eigenvalue weighted by Gasteiger charge is -2.27. The van der Waals surface area contributed by atoms with E-state index in [1.54, 1.807) is 4.57 Å². The Morgan fingerprint density at radius 2 is 1.77 bits per heavy atom. The first-order chi connectivity index (χ1) is 20.9. The van der Waals surface area contributed by atoms with Crippen molar-refractivity contribution >= 4 is 71.7 Å². The lowest BCUT2D eigenvalue weighted by atomic mass is 10.1. The van der Waals surface area contributed by atoms with Crippen molar-refractivity contribution < 1.29 is 41.4 Å². The summed E-state index contributed by atoms with van der Waals surface area (Å²) in [5.41, 5.74) is 11.5. The third-order valence-electron chi connectivity index (χ3n) is 7.19. The fourth-order valence-corrected chi connectivity index (χ4v) is 8.16. The Hall–Kier alpha value is -2.62. The number of alkyl halides is 1. The molecule has 3 fully saturated rings. The molecule has 0 aromatic carbocycles. The van der Waals surface area contributed by atoms with Gasteiger partial charge in [-0.3, -0.25) is 32.5 Å². The molecule has 236 valence electrons. The van der Waals surface area contributed by atoms with Crippen molar-refractivity contribution in [3.05, 3.63) is 29.3 Å². The number of anilines is 2. The molecule has 3 aliphatic heterocycles. The minimum Gasteiger partial charge on any atom is -0.382 e. The number of nitrogen functional groups attached to an aromatic ring is 2. The molecule has 0 spiro atoms. The van der Waals surface area contributed by atoms with Crippen LogP contribution in [0.4, 0.5) is 16.2 Å². The molecule has 0 radical (unpaired) electrons. The van der Waals surface area contributed by atoms with Gasteiger partial charge in [0.15, 0.2) is 35.0 Å². The standard InChI is InChI=1S/C20H23FN10O9P2S2/c21-11-9-3-36-41(33,43)39-7-1-10(30-5-26-12-15(22)24-4-25-16(12)30)37-8(7)2-35-42(34,44)40-14(11)19(38-9)31-6-27-13-17(31)28-20(23)29-18(13)32/h4-11,14,19H,1-3H2,(H,33,43)(H,34,44)(H2,22,24,25)(H3,23,28,29,32)/t7-,8-,9-,10-,11-,14-,19-,41?,42?/m1/s1. The number of aromatic amines is 1. The highest BCUT2D eigenvalue weighted by molar-refractivity contribution is 8.44. The zero-order valence-corrected chi connectivity index (χ0v) is 25.5. The third-order valence-corrected chi connectivity index (χ3v) is 10.4. The molecule has 4 aromatic rings. The molecule has 24 heteroatoms. The number of nitrogens with one attached hydrogen (secondary N) is 1. The van der Waals surface area contributed by atoms with Crippen molar-refractivity contribution in [3.63, 3.8) is 0 Å². The van der Waals surface area contributed by atoms with Crippen molar-refractivity contribution in [2.45, 2.75) is 49.5 Å². The van der Waals surface area contributed by atoms with Crippen LogP contribution in [-0.2, 0) is 43.9 Å². The number of nitrogens with two attached hydrogens (primary N) is 2. The molecule has 3 aliphatic rings. The van der Waals surface area contributed by atoms with Crippen LogP contribution in [0.5, 0.6) is 0 Å². The number of nitrogens with zero attached hydrogens (tertiary/aromatic N) is 7. The number of aromatic nitrogens is 8. The summed E-state index contributed by atoms with van der Waals surface area (Å²) in [6, 6.07) is 0. The largest absolute Gasteiger partial charge is 0.386 e. The summed E-state index contributed by atoms with van der Waals surface area (Å²) in [6.45, 7) is -9.43. The van der Waals surface area contributed by atoms with Gasteiger partial charge in [0.1, 0.15) is 42.5 Å². The van der Waals surface area contributed by atoms with E-state index in [2.05, 4.69) is 42.2 Å². The number of thiol groups is 1. The molecule has 0 aliphatic carbocycles. The molecule has 44 heavy (non-hydrogen) atoms. The van der Waals surface area contributed by atoms with Crippen LogP contribution >= 0.6 is 25.8 Å². The van der Waals surface area contributed by atoms with Gasteiger partial charge in [0.25, 0.3) is 5.56 Å². The normalized spacial score (nSPS) is 36.6. The minimum absolute atomic E-state index is 0.0533. The molecule has 4 aromatic heterocycles. The quantitative estimate of drug-likeness (QED) is 0.143. The molecule has 0 saturated carbocycles. The van der Waals surface area contributed by atoms with Crippen LogP contribution in [0.25, 0.3) is 22.3 Å². The Kier molecular flexibility index (Phi) is 7.53. The highest BCUT2D eigenvalue weighted by atomic mass is 32.7. The second-order valence-electron chi connectivity index (χ2n) is 9.98. The summed E-state index contributed by atoms with van der Waals surface area (Å²) in [7, 11) is 0. The van der Waals surface area contributed by atoms with Gasteiger partial charge >= 0.3 is 13.5 Å². The van der Waals surface area contributed by atoms with Crippen molar-refractivity contribution in [1.29, 1.82) is 0 Å². The summed E-state index contributed by atoms with van der Waals surface area (Å²) in [5, 5.41) is 0. The van der Waals surface area contributed by atoms with E-state index in [9.17, 15) is 14.3 Å². The Morgan fingerprint density at radius 1 is 1.02 bits per heavy atom. The number of rotatable bonds is 2. The van der Waals surface area contributed by atoms with Gasteiger partial charge in [-0.15, -0.1) is 0 Å². The van der Waals surface area contributed by atoms with Crippen molar-refractivity contribution in [2.24, 2.45) is 0 Å². The first-order valence-electron chi connectivity index (χ1n) is 12.8. The summed E-state index contributed by atoms with van der Waals surface area (Å²) >= 11 is 9.31. The van der Waals surface area contributed by atoms with Gasteiger partial charge in [0, 0.05) is 6.42 Å². The fourth-order valence-electron chi connectivity index (χ4n) is 5.23. The molecule has 3 saturated heterocycles. The maximum Gasteiger partial charge on any atom is 0.386 e. The molecule has 0 amide bonds. The highest BCUT2D eigenvalue weighted by Crippen LogP contribution is 2.58. The molecule has 9 atom stereocenters. The van der Waals surface area contributed by atoms with E-state index in [0.29, 0.717) is 11.2 Å². The van der Waals surface area contributed by atoms with Gasteiger partial charge in [-0.25, -0.2) is 28.9 Å². The Labute approximate surface area is 255 Å². The topological polar surface area (TPSA) is 252 Å². The van der Waals surface area contributed by atoms with Crippen molar-refractivity contribution in [3.8, 4) is 0 Å². The average molecular weight is 693 g/mol. The molecular weight excluding hydrogens is 669 g/mol. The first kappa shape index (κ1) is 30.1. The maximum atomic E-state index is 15.8.